The van der Waals surface area contributed by atoms with E-state index in [0.29, 0.717) is 0 Å². The Morgan fingerprint density at radius 3 is 1.26 bits per heavy atom. The Labute approximate surface area is 112 Å². The largest absolute Gasteiger partial charge is 0.399 e. The number of nitrogens with two attached hydrogens (primary N) is 3. The lowest BCUT2D eigenvalue weighted by molar-refractivity contribution is 1.69. The van der Waals surface area contributed by atoms with Crippen molar-refractivity contribution < 1.29 is 0 Å². The maximum absolute atomic E-state index is 5.77. The number of nitrogen functional groups attached to an aromatic ring is 3. The minimum atomic E-state index is 0.778. The second kappa shape index (κ2) is 5.78. The van der Waals surface area contributed by atoms with E-state index in [9.17, 15) is 0 Å². The van der Waals surface area contributed by atoms with Crippen molar-refractivity contribution in [2.75, 3.05) is 17.2 Å². The van der Waals surface area contributed by atoms with Crippen molar-refractivity contribution in [1.29, 1.82) is 0 Å². The molecule has 0 spiro atoms. The van der Waals surface area contributed by atoms with E-state index in [-0.39, 0.29) is 0 Å². The smallest absolute Gasteiger partial charge is 0.0395 e. The van der Waals surface area contributed by atoms with Gasteiger partial charge in [-0.3, -0.25) is 0 Å². The highest BCUT2D eigenvalue weighted by Gasteiger charge is 1.98. The zero-order chi connectivity index (χ0) is 13.7. The number of fused-ring (bicyclic) bond motifs is 1. The van der Waals surface area contributed by atoms with Gasteiger partial charge in [-0.25, -0.2) is 0 Å². The molecule has 0 heterocycles. The number of anilines is 3. The summed E-state index contributed by atoms with van der Waals surface area (Å²) in [5.41, 5.74) is 19.3. The van der Waals surface area contributed by atoms with Crippen LogP contribution in [0, 0.1) is 0 Å². The van der Waals surface area contributed by atoms with Crippen molar-refractivity contribution in [2.24, 2.45) is 0 Å². The summed E-state index contributed by atoms with van der Waals surface area (Å²) in [6, 6.07) is 21.0. The van der Waals surface area contributed by atoms with Crippen LogP contribution in [0.1, 0.15) is 0 Å². The first-order chi connectivity index (χ1) is 9.18. The first kappa shape index (κ1) is 12.8. The molecule has 19 heavy (non-hydrogen) atoms. The molecule has 3 aromatic carbocycles. The average molecular weight is 251 g/mol. The van der Waals surface area contributed by atoms with E-state index < -0.39 is 0 Å². The Kier molecular flexibility index (Phi) is 3.88. The second-order valence-corrected chi connectivity index (χ2v) is 4.20. The van der Waals surface area contributed by atoms with E-state index in [2.05, 4.69) is 0 Å². The molecule has 3 heteroatoms. The summed E-state index contributed by atoms with van der Waals surface area (Å²) in [4.78, 5) is 0. The van der Waals surface area contributed by atoms with Gasteiger partial charge >= 0.3 is 0 Å². The van der Waals surface area contributed by atoms with Crippen LogP contribution >= 0.6 is 0 Å². The third-order valence-corrected chi connectivity index (χ3v) is 2.79. The van der Waals surface area contributed by atoms with Gasteiger partial charge in [0.2, 0.25) is 0 Å². The van der Waals surface area contributed by atoms with Crippen LogP contribution in [0.2, 0.25) is 0 Å². The molecule has 0 aromatic heterocycles. The van der Waals surface area contributed by atoms with Gasteiger partial charge in [-0.1, -0.05) is 42.5 Å². The second-order valence-electron chi connectivity index (χ2n) is 4.20. The first-order valence-corrected chi connectivity index (χ1v) is 6.01. The van der Waals surface area contributed by atoms with Crippen LogP contribution in [0.25, 0.3) is 10.8 Å². The summed E-state index contributed by atoms with van der Waals surface area (Å²) in [5.74, 6) is 0. The van der Waals surface area contributed by atoms with Gasteiger partial charge in [0.05, 0.1) is 0 Å². The molecule has 0 unspecified atom stereocenters. The van der Waals surface area contributed by atoms with Crippen LogP contribution in [0.4, 0.5) is 17.1 Å². The van der Waals surface area contributed by atoms with Gasteiger partial charge < -0.3 is 17.2 Å². The third-order valence-electron chi connectivity index (χ3n) is 2.79. The summed E-state index contributed by atoms with van der Waals surface area (Å²) in [7, 11) is 0. The van der Waals surface area contributed by atoms with Gasteiger partial charge in [-0.15, -0.1) is 0 Å². The quantitative estimate of drug-likeness (QED) is 0.536. The molecular weight excluding hydrogens is 234 g/mol. The molecule has 6 N–H and O–H groups in total. The lowest BCUT2D eigenvalue weighted by Gasteiger charge is -2.03. The van der Waals surface area contributed by atoms with E-state index in [1.165, 1.54) is 0 Å². The van der Waals surface area contributed by atoms with E-state index >= 15 is 0 Å². The Morgan fingerprint density at radius 1 is 0.474 bits per heavy atom. The highest BCUT2D eigenvalue weighted by molar-refractivity contribution is 6.00. The van der Waals surface area contributed by atoms with Crippen molar-refractivity contribution in [3.8, 4) is 0 Å². The summed E-state index contributed by atoms with van der Waals surface area (Å²) < 4.78 is 0. The van der Waals surface area contributed by atoms with Gasteiger partial charge in [-0.2, -0.15) is 0 Å². The molecule has 0 saturated carbocycles. The molecule has 0 aliphatic rings. The molecule has 0 aliphatic carbocycles. The van der Waals surface area contributed by atoms with Crippen LogP contribution in [0.3, 0.4) is 0 Å². The number of benzene rings is 3. The minimum absolute atomic E-state index is 0.778. The molecule has 3 nitrogen and oxygen atoms in total. The number of rotatable bonds is 0. The summed E-state index contributed by atoms with van der Waals surface area (Å²) >= 11 is 0. The lowest BCUT2D eigenvalue weighted by Crippen LogP contribution is -1.91. The summed E-state index contributed by atoms with van der Waals surface area (Å²) in [6.45, 7) is 0. The van der Waals surface area contributed by atoms with Crippen molar-refractivity contribution in [1.82, 2.24) is 0 Å². The number of hydrogen-bond donors (Lipinski definition) is 3. The van der Waals surface area contributed by atoms with Crippen LogP contribution in [0.15, 0.2) is 66.7 Å². The average Bonchev–Trinajstić information content (AvgIpc) is 2.45. The molecule has 3 aromatic rings. The topological polar surface area (TPSA) is 78.1 Å². The molecular formula is C16H17N3. The molecule has 0 bridgehead atoms. The predicted molar refractivity (Wildman–Crippen MR) is 83.6 cm³/mol. The highest BCUT2D eigenvalue weighted by atomic mass is 14.6. The van der Waals surface area contributed by atoms with E-state index in [1.54, 1.807) is 0 Å². The Morgan fingerprint density at radius 2 is 0.895 bits per heavy atom. The van der Waals surface area contributed by atoms with E-state index in [4.69, 9.17) is 17.2 Å². The summed E-state index contributed by atoms with van der Waals surface area (Å²) in [5, 5.41) is 2.05. The Balaban J connectivity index is 0.000000163. The van der Waals surface area contributed by atoms with Crippen LogP contribution in [-0.4, -0.2) is 0 Å². The predicted octanol–water partition coefficient (Wildman–Crippen LogP) is 3.27. The SMILES string of the molecule is Nc1ccc(N)c2ccccc12.Nc1ccccc1. The van der Waals surface area contributed by atoms with Gasteiger partial charge in [0, 0.05) is 27.8 Å². The minimum Gasteiger partial charge on any atom is -0.399 e. The van der Waals surface area contributed by atoms with Gasteiger partial charge in [0.1, 0.15) is 0 Å². The molecule has 0 atom stereocenters. The molecule has 0 amide bonds. The molecule has 0 saturated heterocycles. The van der Waals surface area contributed by atoms with Crippen LogP contribution in [-0.2, 0) is 0 Å². The molecule has 3 rings (SSSR count). The number of hydrogen-bond acceptors (Lipinski definition) is 3. The fourth-order valence-corrected chi connectivity index (χ4v) is 1.80. The molecule has 0 fully saturated rings. The normalized spacial score (nSPS) is 9.68. The molecule has 96 valence electrons. The Hall–Kier alpha value is -2.68. The van der Waals surface area contributed by atoms with Crippen LogP contribution in [0.5, 0.6) is 0 Å². The first-order valence-electron chi connectivity index (χ1n) is 6.01. The zero-order valence-corrected chi connectivity index (χ0v) is 10.6. The zero-order valence-electron chi connectivity index (χ0n) is 10.6. The van der Waals surface area contributed by atoms with Crippen molar-refractivity contribution in [3.05, 3.63) is 66.7 Å². The highest BCUT2D eigenvalue weighted by Crippen LogP contribution is 2.25. The van der Waals surface area contributed by atoms with Crippen molar-refractivity contribution in [2.45, 2.75) is 0 Å². The number of para-hydroxylation sites is 1. The van der Waals surface area contributed by atoms with Crippen LogP contribution < -0.4 is 17.2 Å². The summed E-state index contributed by atoms with van der Waals surface area (Å²) in [6.07, 6.45) is 0. The van der Waals surface area contributed by atoms with Gasteiger partial charge in [0.25, 0.3) is 0 Å². The Bertz CT molecular complexity index is 623. The van der Waals surface area contributed by atoms with Gasteiger partial charge in [0.15, 0.2) is 0 Å². The maximum Gasteiger partial charge on any atom is 0.0395 e. The van der Waals surface area contributed by atoms with Crippen molar-refractivity contribution >= 4 is 27.8 Å². The standard InChI is InChI=1S/C10H10N2.C6H7N/c11-9-5-6-10(12)8-4-2-1-3-7(8)9;7-6-4-2-1-3-5-6/h1-6H,11-12H2;1-5H,7H2. The lowest BCUT2D eigenvalue weighted by atomic mass is 10.1. The maximum atomic E-state index is 5.77. The molecule has 0 aliphatic heterocycles. The van der Waals surface area contributed by atoms with Gasteiger partial charge in [-0.05, 0) is 24.3 Å². The fraction of sp³-hybridized carbons (Fsp3) is 0. The van der Waals surface area contributed by atoms with E-state index in [1.807, 2.05) is 66.7 Å². The third kappa shape index (κ3) is 3.16. The fourth-order valence-electron chi connectivity index (χ4n) is 1.80. The molecule has 0 radical (unpaired) electrons. The monoisotopic (exact) mass is 251 g/mol. The van der Waals surface area contributed by atoms with Crippen molar-refractivity contribution in [3.63, 3.8) is 0 Å². The van der Waals surface area contributed by atoms with E-state index in [0.717, 1.165) is 27.8 Å².